The lowest BCUT2D eigenvalue weighted by atomic mass is 10.2. The highest BCUT2D eigenvalue weighted by Gasteiger charge is 2.01. The summed E-state index contributed by atoms with van der Waals surface area (Å²) in [4.78, 5) is 8.84. The molecule has 0 aliphatic carbocycles. The molecule has 7 heteroatoms. The molecule has 0 amide bonds. The fourth-order valence-corrected chi connectivity index (χ4v) is 2.58. The SMILES string of the molecule is CCNC(=NCc1ccccc1Cl)NCCCCn1ccnc1C.I. The van der Waals surface area contributed by atoms with Gasteiger partial charge in [0, 0.05) is 37.1 Å². The summed E-state index contributed by atoms with van der Waals surface area (Å²) < 4.78 is 2.18. The van der Waals surface area contributed by atoms with Crippen LogP contribution in [0.15, 0.2) is 41.7 Å². The topological polar surface area (TPSA) is 54.2 Å². The number of imidazole rings is 1. The first-order valence-corrected chi connectivity index (χ1v) is 8.82. The van der Waals surface area contributed by atoms with Gasteiger partial charge in [-0.15, -0.1) is 24.0 Å². The molecule has 0 atom stereocenters. The molecule has 1 aromatic heterocycles. The van der Waals surface area contributed by atoms with E-state index in [1.807, 2.05) is 43.6 Å². The summed E-state index contributed by atoms with van der Waals surface area (Å²) in [6, 6.07) is 7.81. The van der Waals surface area contributed by atoms with Crippen molar-refractivity contribution in [3.8, 4) is 0 Å². The fraction of sp³-hybridized carbons (Fsp3) is 0.444. The molecule has 1 heterocycles. The summed E-state index contributed by atoms with van der Waals surface area (Å²) in [5.41, 5.74) is 1.03. The van der Waals surface area contributed by atoms with E-state index >= 15 is 0 Å². The largest absolute Gasteiger partial charge is 0.357 e. The summed E-state index contributed by atoms with van der Waals surface area (Å²) in [5, 5.41) is 7.40. The Hall–Kier alpha value is -1.28. The quantitative estimate of drug-likeness (QED) is 0.263. The average Bonchev–Trinajstić information content (AvgIpc) is 2.98. The number of hydrogen-bond acceptors (Lipinski definition) is 2. The molecule has 0 spiro atoms. The van der Waals surface area contributed by atoms with Crippen LogP contribution >= 0.6 is 35.6 Å². The Labute approximate surface area is 172 Å². The highest BCUT2D eigenvalue weighted by Crippen LogP contribution is 2.15. The van der Waals surface area contributed by atoms with Crippen LogP contribution in [-0.2, 0) is 13.1 Å². The van der Waals surface area contributed by atoms with E-state index in [0.29, 0.717) is 6.54 Å². The number of nitrogens with zero attached hydrogens (tertiary/aromatic N) is 3. The van der Waals surface area contributed by atoms with E-state index in [9.17, 15) is 0 Å². The van der Waals surface area contributed by atoms with Crippen molar-refractivity contribution in [2.45, 2.75) is 39.8 Å². The molecule has 2 rings (SSSR count). The minimum atomic E-state index is 0. The molecule has 1 aromatic carbocycles. The van der Waals surface area contributed by atoms with Gasteiger partial charge < -0.3 is 15.2 Å². The van der Waals surface area contributed by atoms with Crippen molar-refractivity contribution in [2.75, 3.05) is 13.1 Å². The molecule has 0 saturated carbocycles. The zero-order valence-electron chi connectivity index (χ0n) is 14.8. The minimum Gasteiger partial charge on any atom is -0.357 e. The van der Waals surface area contributed by atoms with Gasteiger partial charge in [-0.25, -0.2) is 9.98 Å². The van der Waals surface area contributed by atoms with Crippen LogP contribution in [-0.4, -0.2) is 28.6 Å². The van der Waals surface area contributed by atoms with E-state index in [1.54, 1.807) is 0 Å². The van der Waals surface area contributed by atoms with Crippen LogP contribution in [0.2, 0.25) is 5.02 Å². The Kier molecular flexibility index (Phi) is 10.6. The molecule has 5 nitrogen and oxygen atoms in total. The van der Waals surface area contributed by atoms with Crippen LogP contribution in [0.3, 0.4) is 0 Å². The number of unbranched alkanes of at least 4 members (excludes halogenated alkanes) is 1. The number of guanidine groups is 1. The molecule has 138 valence electrons. The lowest BCUT2D eigenvalue weighted by Gasteiger charge is -2.12. The van der Waals surface area contributed by atoms with E-state index in [2.05, 4.69) is 32.1 Å². The lowest BCUT2D eigenvalue weighted by Crippen LogP contribution is -2.37. The van der Waals surface area contributed by atoms with Crippen molar-refractivity contribution >= 4 is 41.5 Å². The Morgan fingerprint density at radius 3 is 2.72 bits per heavy atom. The zero-order chi connectivity index (χ0) is 17.2. The second kappa shape index (κ2) is 12.1. The zero-order valence-corrected chi connectivity index (χ0v) is 17.9. The standard InChI is InChI=1S/C18H26ClN5.HI/c1-3-20-18(23-14-16-8-4-5-9-17(16)19)22-10-6-7-12-24-13-11-21-15(24)2;/h4-5,8-9,11,13H,3,6-7,10,12,14H2,1-2H3,(H2,20,22,23);1H. The third-order valence-corrected chi connectivity index (χ3v) is 4.12. The molecule has 0 aliphatic rings. The first kappa shape index (κ1) is 21.8. The molecule has 0 bridgehead atoms. The Morgan fingerprint density at radius 1 is 1.24 bits per heavy atom. The molecule has 0 saturated heterocycles. The third kappa shape index (κ3) is 7.64. The van der Waals surface area contributed by atoms with Crippen molar-refractivity contribution in [3.63, 3.8) is 0 Å². The van der Waals surface area contributed by atoms with Crippen LogP contribution in [0.5, 0.6) is 0 Å². The van der Waals surface area contributed by atoms with Crippen molar-refractivity contribution in [2.24, 2.45) is 4.99 Å². The summed E-state index contributed by atoms with van der Waals surface area (Å²) >= 11 is 6.17. The molecule has 0 unspecified atom stereocenters. The van der Waals surface area contributed by atoms with E-state index in [4.69, 9.17) is 11.6 Å². The molecular weight excluding hydrogens is 449 g/mol. The summed E-state index contributed by atoms with van der Waals surface area (Å²) in [6.07, 6.45) is 6.05. The van der Waals surface area contributed by atoms with E-state index in [0.717, 1.165) is 54.8 Å². The van der Waals surface area contributed by atoms with Crippen LogP contribution < -0.4 is 10.6 Å². The van der Waals surface area contributed by atoms with Crippen LogP contribution in [0.25, 0.3) is 0 Å². The first-order chi connectivity index (χ1) is 11.7. The smallest absolute Gasteiger partial charge is 0.191 e. The van der Waals surface area contributed by atoms with Gasteiger partial charge in [0.1, 0.15) is 5.82 Å². The van der Waals surface area contributed by atoms with Crippen molar-refractivity contribution in [1.29, 1.82) is 0 Å². The van der Waals surface area contributed by atoms with E-state index < -0.39 is 0 Å². The average molecular weight is 476 g/mol. The second-order valence-corrected chi connectivity index (χ2v) is 6.00. The summed E-state index contributed by atoms with van der Waals surface area (Å²) in [7, 11) is 0. The maximum absolute atomic E-state index is 6.17. The third-order valence-electron chi connectivity index (χ3n) is 3.75. The number of benzene rings is 1. The monoisotopic (exact) mass is 475 g/mol. The Morgan fingerprint density at radius 2 is 2.04 bits per heavy atom. The highest BCUT2D eigenvalue weighted by atomic mass is 127. The minimum absolute atomic E-state index is 0. The molecular formula is C18H27ClIN5. The Balaban J connectivity index is 0.00000312. The van der Waals surface area contributed by atoms with Crippen LogP contribution in [0.1, 0.15) is 31.2 Å². The van der Waals surface area contributed by atoms with Crippen molar-refractivity contribution < 1.29 is 0 Å². The van der Waals surface area contributed by atoms with Gasteiger partial charge in [-0.1, -0.05) is 29.8 Å². The van der Waals surface area contributed by atoms with Gasteiger partial charge in [-0.2, -0.15) is 0 Å². The predicted octanol–water partition coefficient (Wildman–Crippen LogP) is 4.00. The molecule has 25 heavy (non-hydrogen) atoms. The number of hydrogen-bond donors (Lipinski definition) is 2. The van der Waals surface area contributed by atoms with Crippen LogP contribution in [0.4, 0.5) is 0 Å². The highest BCUT2D eigenvalue weighted by molar-refractivity contribution is 14.0. The normalized spacial score (nSPS) is 11.1. The Bertz CT molecular complexity index is 656. The molecule has 0 fully saturated rings. The number of aliphatic imine (C=N–C) groups is 1. The summed E-state index contributed by atoms with van der Waals surface area (Å²) in [5.74, 6) is 1.90. The number of aromatic nitrogens is 2. The first-order valence-electron chi connectivity index (χ1n) is 8.44. The predicted molar refractivity (Wildman–Crippen MR) is 116 cm³/mol. The van der Waals surface area contributed by atoms with E-state index in [-0.39, 0.29) is 24.0 Å². The maximum atomic E-state index is 6.17. The van der Waals surface area contributed by atoms with E-state index in [1.165, 1.54) is 0 Å². The maximum Gasteiger partial charge on any atom is 0.191 e. The summed E-state index contributed by atoms with van der Waals surface area (Å²) in [6.45, 7) is 7.39. The fourth-order valence-electron chi connectivity index (χ4n) is 2.39. The van der Waals surface area contributed by atoms with Crippen LogP contribution in [0, 0.1) is 6.92 Å². The van der Waals surface area contributed by atoms with Gasteiger partial charge in [-0.3, -0.25) is 0 Å². The molecule has 2 N–H and O–H groups in total. The van der Waals surface area contributed by atoms with Gasteiger partial charge in [0.25, 0.3) is 0 Å². The van der Waals surface area contributed by atoms with Crippen molar-refractivity contribution in [1.82, 2.24) is 20.2 Å². The molecule has 0 aliphatic heterocycles. The van der Waals surface area contributed by atoms with Gasteiger partial charge in [0.2, 0.25) is 0 Å². The van der Waals surface area contributed by atoms with Crippen molar-refractivity contribution in [3.05, 3.63) is 53.1 Å². The van der Waals surface area contributed by atoms with Gasteiger partial charge >= 0.3 is 0 Å². The van der Waals surface area contributed by atoms with Gasteiger partial charge in [0.15, 0.2) is 5.96 Å². The number of nitrogens with one attached hydrogen (secondary N) is 2. The number of aryl methyl sites for hydroxylation is 2. The lowest BCUT2D eigenvalue weighted by molar-refractivity contribution is 0.588. The molecule has 0 radical (unpaired) electrons. The van der Waals surface area contributed by atoms with Gasteiger partial charge in [0.05, 0.1) is 6.54 Å². The number of halogens is 2. The van der Waals surface area contributed by atoms with Gasteiger partial charge in [-0.05, 0) is 38.3 Å². The number of rotatable bonds is 8. The second-order valence-electron chi connectivity index (χ2n) is 5.59. The molecule has 2 aromatic rings.